The first-order valence-electron chi connectivity index (χ1n) is 4.93. The van der Waals surface area contributed by atoms with Gasteiger partial charge in [0.15, 0.2) is 0 Å². The summed E-state index contributed by atoms with van der Waals surface area (Å²) in [6, 6.07) is 0. The van der Waals surface area contributed by atoms with Crippen LogP contribution in [0, 0.1) is 5.92 Å². The normalized spacial score (nSPS) is 17.2. The SMILES string of the molecule is CCC=CC(F)(CCC)C(C)C. The van der Waals surface area contributed by atoms with Crippen LogP contribution in [0.2, 0.25) is 0 Å². The Bertz CT molecular complexity index is 138. The summed E-state index contributed by atoms with van der Waals surface area (Å²) in [4.78, 5) is 0. The Kier molecular flexibility index (Phi) is 5.19. The zero-order valence-electron chi connectivity index (χ0n) is 8.73. The monoisotopic (exact) mass is 172 g/mol. The first-order chi connectivity index (χ1) is 5.56. The molecule has 0 spiro atoms. The van der Waals surface area contributed by atoms with E-state index in [0.717, 1.165) is 12.8 Å². The molecule has 72 valence electrons. The summed E-state index contributed by atoms with van der Waals surface area (Å²) in [7, 11) is 0. The summed E-state index contributed by atoms with van der Waals surface area (Å²) >= 11 is 0. The quantitative estimate of drug-likeness (QED) is 0.547. The minimum absolute atomic E-state index is 0.0836. The molecule has 0 bridgehead atoms. The van der Waals surface area contributed by atoms with Crippen LogP contribution in [0.25, 0.3) is 0 Å². The molecule has 0 aliphatic rings. The molecule has 0 nitrogen and oxygen atoms in total. The third kappa shape index (κ3) is 3.38. The molecule has 0 radical (unpaired) electrons. The van der Waals surface area contributed by atoms with Crippen LogP contribution in [0.15, 0.2) is 12.2 Å². The maximum Gasteiger partial charge on any atom is 0.131 e. The molecule has 0 saturated heterocycles. The summed E-state index contributed by atoms with van der Waals surface area (Å²) in [6.07, 6.45) is 6.13. The highest BCUT2D eigenvalue weighted by Crippen LogP contribution is 2.29. The second-order valence-corrected chi connectivity index (χ2v) is 3.64. The smallest absolute Gasteiger partial charge is 0.131 e. The largest absolute Gasteiger partial charge is 0.239 e. The fourth-order valence-corrected chi connectivity index (χ4v) is 1.26. The second-order valence-electron chi connectivity index (χ2n) is 3.64. The zero-order valence-corrected chi connectivity index (χ0v) is 8.73. The summed E-state index contributed by atoms with van der Waals surface area (Å²) < 4.78 is 14.0. The van der Waals surface area contributed by atoms with Crippen molar-refractivity contribution in [3.8, 4) is 0 Å². The first kappa shape index (κ1) is 11.7. The molecule has 1 atom stereocenters. The highest BCUT2D eigenvalue weighted by atomic mass is 19.1. The van der Waals surface area contributed by atoms with Crippen molar-refractivity contribution in [2.45, 2.75) is 52.6 Å². The minimum Gasteiger partial charge on any atom is -0.239 e. The molecule has 0 fully saturated rings. The van der Waals surface area contributed by atoms with E-state index >= 15 is 0 Å². The van der Waals surface area contributed by atoms with Gasteiger partial charge in [0.05, 0.1) is 0 Å². The molecule has 0 saturated carbocycles. The lowest BCUT2D eigenvalue weighted by Crippen LogP contribution is -2.26. The third-order valence-corrected chi connectivity index (χ3v) is 2.22. The van der Waals surface area contributed by atoms with Gasteiger partial charge in [-0.2, -0.15) is 0 Å². The van der Waals surface area contributed by atoms with Crippen LogP contribution in [-0.2, 0) is 0 Å². The third-order valence-electron chi connectivity index (χ3n) is 2.22. The lowest BCUT2D eigenvalue weighted by atomic mass is 9.87. The average molecular weight is 172 g/mol. The van der Waals surface area contributed by atoms with Gasteiger partial charge < -0.3 is 0 Å². The van der Waals surface area contributed by atoms with Crippen LogP contribution < -0.4 is 0 Å². The fraction of sp³-hybridized carbons (Fsp3) is 0.818. The summed E-state index contributed by atoms with van der Waals surface area (Å²) in [6.45, 7) is 7.94. The molecule has 0 aromatic carbocycles. The Labute approximate surface area is 75.9 Å². The molecular formula is C11H21F. The van der Waals surface area contributed by atoms with Gasteiger partial charge in [0, 0.05) is 0 Å². The van der Waals surface area contributed by atoms with Gasteiger partial charge in [0.2, 0.25) is 0 Å². The van der Waals surface area contributed by atoms with Crippen molar-refractivity contribution >= 4 is 0 Å². The summed E-state index contributed by atoms with van der Waals surface area (Å²) in [5, 5.41) is 0. The van der Waals surface area contributed by atoms with E-state index < -0.39 is 5.67 Å². The average Bonchev–Trinajstić information content (AvgIpc) is 2.01. The van der Waals surface area contributed by atoms with Crippen molar-refractivity contribution in [2.24, 2.45) is 5.92 Å². The van der Waals surface area contributed by atoms with Gasteiger partial charge in [-0.1, -0.05) is 46.3 Å². The lowest BCUT2D eigenvalue weighted by Gasteiger charge is -2.25. The highest BCUT2D eigenvalue weighted by molar-refractivity contribution is 5.02. The van der Waals surface area contributed by atoms with E-state index in [1.54, 1.807) is 6.08 Å². The number of hydrogen-bond donors (Lipinski definition) is 0. The molecule has 1 heteroatoms. The molecule has 0 aromatic rings. The Balaban J connectivity index is 4.28. The van der Waals surface area contributed by atoms with Crippen molar-refractivity contribution in [3.63, 3.8) is 0 Å². The molecule has 0 rings (SSSR count). The summed E-state index contributed by atoms with van der Waals surface area (Å²) in [5.74, 6) is 0.0836. The van der Waals surface area contributed by atoms with Gasteiger partial charge in [0.25, 0.3) is 0 Å². The van der Waals surface area contributed by atoms with Crippen LogP contribution in [0.1, 0.15) is 47.0 Å². The maximum atomic E-state index is 14.0. The van der Waals surface area contributed by atoms with Gasteiger partial charge in [-0.3, -0.25) is 0 Å². The second kappa shape index (κ2) is 5.34. The van der Waals surface area contributed by atoms with Gasteiger partial charge in [-0.05, 0) is 18.8 Å². The number of allylic oxidation sites excluding steroid dienone is 2. The van der Waals surface area contributed by atoms with Crippen LogP contribution in [0.4, 0.5) is 4.39 Å². The Morgan fingerprint density at radius 2 is 1.92 bits per heavy atom. The van der Waals surface area contributed by atoms with E-state index in [1.807, 2.05) is 33.8 Å². The van der Waals surface area contributed by atoms with E-state index in [9.17, 15) is 4.39 Å². The topological polar surface area (TPSA) is 0 Å². The standard InChI is InChI=1S/C11H21F/c1-5-7-9-11(12,8-6-2)10(3)4/h7,9-10H,5-6,8H2,1-4H3. The number of rotatable bonds is 5. The molecular weight excluding hydrogens is 151 g/mol. The summed E-state index contributed by atoms with van der Waals surface area (Å²) in [5.41, 5.74) is -1.08. The van der Waals surface area contributed by atoms with E-state index in [4.69, 9.17) is 0 Å². The zero-order chi connectivity index (χ0) is 9.61. The van der Waals surface area contributed by atoms with Crippen LogP contribution in [-0.4, -0.2) is 5.67 Å². The predicted molar refractivity (Wildman–Crippen MR) is 53.0 cm³/mol. The van der Waals surface area contributed by atoms with Gasteiger partial charge in [0.1, 0.15) is 5.67 Å². The van der Waals surface area contributed by atoms with Gasteiger partial charge in [-0.15, -0.1) is 0 Å². The van der Waals surface area contributed by atoms with Crippen LogP contribution in [0.5, 0.6) is 0 Å². The van der Waals surface area contributed by atoms with E-state index in [-0.39, 0.29) is 5.92 Å². The Hall–Kier alpha value is -0.330. The fourth-order valence-electron chi connectivity index (χ4n) is 1.26. The first-order valence-corrected chi connectivity index (χ1v) is 4.93. The van der Waals surface area contributed by atoms with Crippen molar-refractivity contribution < 1.29 is 4.39 Å². The molecule has 0 aliphatic carbocycles. The number of hydrogen-bond acceptors (Lipinski definition) is 0. The van der Waals surface area contributed by atoms with Gasteiger partial charge in [-0.25, -0.2) is 4.39 Å². The van der Waals surface area contributed by atoms with E-state index in [2.05, 4.69) is 0 Å². The van der Waals surface area contributed by atoms with Crippen molar-refractivity contribution in [3.05, 3.63) is 12.2 Å². The van der Waals surface area contributed by atoms with E-state index in [1.165, 1.54) is 0 Å². The van der Waals surface area contributed by atoms with Crippen molar-refractivity contribution in [1.29, 1.82) is 0 Å². The van der Waals surface area contributed by atoms with Crippen LogP contribution in [0.3, 0.4) is 0 Å². The van der Waals surface area contributed by atoms with Crippen LogP contribution >= 0.6 is 0 Å². The van der Waals surface area contributed by atoms with E-state index in [0.29, 0.717) is 6.42 Å². The molecule has 0 heterocycles. The van der Waals surface area contributed by atoms with Crippen molar-refractivity contribution in [1.82, 2.24) is 0 Å². The van der Waals surface area contributed by atoms with Gasteiger partial charge >= 0.3 is 0 Å². The molecule has 1 unspecified atom stereocenters. The molecule has 0 aliphatic heterocycles. The maximum absolute atomic E-state index is 14.0. The number of halogens is 1. The highest BCUT2D eigenvalue weighted by Gasteiger charge is 2.28. The molecule has 0 aromatic heterocycles. The minimum atomic E-state index is -1.08. The lowest BCUT2D eigenvalue weighted by molar-refractivity contribution is 0.145. The molecule has 0 amide bonds. The Morgan fingerprint density at radius 1 is 1.33 bits per heavy atom. The molecule has 0 N–H and O–H groups in total. The number of alkyl halides is 1. The predicted octanol–water partition coefficient (Wildman–Crippen LogP) is 4.12. The van der Waals surface area contributed by atoms with Crippen molar-refractivity contribution in [2.75, 3.05) is 0 Å². The molecule has 12 heavy (non-hydrogen) atoms. The Morgan fingerprint density at radius 3 is 2.25 bits per heavy atom.